The van der Waals surface area contributed by atoms with Crippen molar-refractivity contribution >= 4 is 11.6 Å². The number of piperidine rings is 1. The van der Waals surface area contributed by atoms with E-state index in [-0.39, 0.29) is 5.38 Å². The van der Waals surface area contributed by atoms with Crippen LogP contribution < -0.4 is 0 Å². The van der Waals surface area contributed by atoms with Gasteiger partial charge in [-0.25, -0.2) is 0 Å². The lowest BCUT2D eigenvalue weighted by Crippen LogP contribution is -2.46. The molecular weight excluding hydrogens is 184 g/mol. The summed E-state index contributed by atoms with van der Waals surface area (Å²) in [5.74, 6) is 0. The normalized spacial score (nSPS) is 32.5. The van der Waals surface area contributed by atoms with Crippen LogP contribution in [0.3, 0.4) is 0 Å². The lowest BCUT2D eigenvalue weighted by atomic mass is 9.97. The predicted octanol–water partition coefficient (Wildman–Crippen LogP) is 2.38. The van der Waals surface area contributed by atoms with Crippen LogP contribution in [0, 0.1) is 11.3 Å². The van der Waals surface area contributed by atoms with Crippen molar-refractivity contribution in [3.63, 3.8) is 0 Å². The van der Waals surface area contributed by atoms with Crippen molar-refractivity contribution in [2.45, 2.75) is 50.6 Å². The van der Waals surface area contributed by atoms with Gasteiger partial charge in [0.15, 0.2) is 0 Å². The lowest BCUT2D eigenvalue weighted by molar-refractivity contribution is 0.107. The van der Waals surface area contributed by atoms with Crippen LogP contribution in [0.5, 0.6) is 0 Å². The maximum Gasteiger partial charge on any atom is 0.133 e. The Kier molecular flexibility index (Phi) is 4.02. The zero-order valence-corrected chi connectivity index (χ0v) is 9.09. The molecule has 0 radical (unpaired) electrons. The second-order valence-corrected chi connectivity index (χ2v) is 4.45. The third kappa shape index (κ3) is 2.86. The van der Waals surface area contributed by atoms with Gasteiger partial charge in [-0.15, -0.1) is 11.6 Å². The predicted molar refractivity (Wildman–Crippen MR) is 54.7 cm³/mol. The minimum absolute atomic E-state index is 0.358. The summed E-state index contributed by atoms with van der Waals surface area (Å²) in [6.07, 6.45) is 3.77. The quantitative estimate of drug-likeness (QED) is 0.640. The number of nitrogens with zero attached hydrogens (tertiary/aromatic N) is 2. The van der Waals surface area contributed by atoms with Gasteiger partial charge in [-0.1, -0.05) is 6.42 Å². The van der Waals surface area contributed by atoms with Crippen LogP contribution in [0.2, 0.25) is 0 Å². The molecule has 2 nitrogen and oxygen atoms in total. The van der Waals surface area contributed by atoms with Gasteiger partial charge in [0.25, 0.3) is 0 Å². The number of likely N-dealkylation sites (tertiary alicyclic amines) is 1. The lowest BCUT2D eigenvalue weighted by Gasteiger charge is -2.39. The van der Waals surface area contributed by atoms with E-state index >= 15 is 0 Å². The van der Waals surface area contributed by atoms with Crippen molar-refractivity contribution in [1.29, 1.82) is 5.26 Å². The Labute approximate surface area is 85.5 Å². The van der Waals surface area contributed by atoms with Crippen molar-refractivity contribution in [3.8, 4) is 6.07 Å². The molecule has 1 rings (SSSR count). The molecule has 0 amide bonds. The van der Waals surface area contributed by atoms with E-state index in [0.29, 0.717) is 18.6 Å². The fraction of sp³-hybridized carbons (Fsp3) is 0.900. The molecule has 1 aliphatic rings. The molecule has 0 spiro atoms. The first-order valence-corrected chi connectivity index (χ1v) is 5.38. The number of nitriles is 1. The van der Waals surface area contributed by atoms with Crippen LogP contribution in [0.25, 0.3) is 0 Å². The second-order valence-electron chi connectivity index (χ2n) is 3.92. The summed E-state index contributed by atoms with van der Waals surface area (Å²) in [6, 6.07) is 3.24. The standard InChI is InChI=1S/C10H17ClN2/c1-8-4-3-5-9(2)13(8)7-10(11)6-12/h8-10H,3-5,7H2,1-2H3/t8-,9+,10?. The topological polar surface area (TPSA) is 27.0 Å². The van der Waals surface area contributed by atoms with Crippen molar-refractivity contribution in [3.05, 3.63) is 0 Å². The number of alkyl halides is 1. The van der Waals surface area contributed by atoms with Crippen LogP contribution in [-0.2, 0) is 0 Å². The van der Waals surface area contributed by atoms with Gasteiger partial charge in [0.1, 0.15) is 5.38 Å². The molecule has 0 aliphatic carbocycles. The third-order valence-corrected chi connectivity index (χ3v) is 3.12. The van der Waals surface area contributed by atoms with Crippen LogP contribution >= 0.6 is 11.6 Å². The van der Waals surface area contributed by atoms with E-state index in [1.807, 2.05) is 0 Å². The summed E-state index contributed by atoms with van der Waals surface area (Å²) < 4.78 is 0. The minimum Gasteiger partial charge on any atom is -0.295 e. The Morgan fingerprint density at radius 3 is 2.46 bits per heavy atom. The highest BCUT2D eigenvalue weighted by atomic mass is 35.5. The van der Waals surface area contributed by atoms with Crippen LogP contribution in [-0.4, -0.2) is 28.9 Å². The third-order valence-electron chi connectivity index (χ3n) is 2.89. The number of halogens is 1. The minimum atomic E-state index is -0.358. The molecule has 3 atom stereocenters. The molecule has 74 valence electrons. The summed E-state index contributed by atoms with van der Waals surface area (Å²) in [6.45, 7) is 5.15. The van der Waals surface area contributed by atoms with Gasteiger partial charge in [-0.05, 0) is 26.7 Å². The molecule has 0 aromatic rings. The maximum atomic E-state index is 8.63. The summed E-state index contributed by atoms with van der Waals surface area (Å²) in [7, 11) is 0. The van der Waals surface area contributed by atoms with Gasteiger partial charge in [0.2, 0.25) is 0 Å². The van der Waals surface area contributed by atoms with Crippen LogP contribution in [0.4, 0.5) is 0 Å². The van der Waals surface area contributed by atoms with Crippen LogP contribution in [0.1, 0.15) is 33.1 Å². The van der Waals surface area contributed by atoms with Crippen molar-refractivity contribution in [2.24, 2.45) is 0 Å². The van der Waals surface area contributed by atoms with Gasteiger partial charge in [-0.2, -0.15) is 5.26 Å². The molecule has 0 saturated carbocycles. The summed E-state index contributed by atoms with van der Waals surface area (Å²) in [4.78, 5) is 2.35. The SMILES string of the molecule is C[C@@H]1CCC[C@H](C)N1CC(Cl)C#N. The molecule has 1 aliphatic heterocycles. The smallest absolute Gasteiger partial charge is 0.133 e. The molecule has 13 heavy (non-hydrogen) atoms. The first-order chi connectivity index (χ1) is 6.15. The van der Waals surface area contributed by atoms with E-state index in [2.05, 4.69) is 24.8 Å². The molecule has 1 fully saturated rings. The van der Waals surface area contributed by atoms with E-state index in [0.717, 1.165) is 0 Å². The van der Waals surface area contributed by atoms with Gasteiger partial charge in [0.05, 0.1) is 6.07 Å². The summed E-state index contributed by atoms with van der Waals surface area (Å²) >= 11 is 5.83. The highest BCUT2D eigenvalue weighted by molar-refractivity contribution is 6.22. The molecule has 3 heteroatoms. The molecule has 0 N–H and O–H groups in total. The van der Waals surface area contributed by atoms with Crippen LogP contribution in [0.15, 0.2) is 0 Å². The molecule has 1 heterocycles. The number of hydrogen-bond acceptors (Lipinski definition) is 2. The second kappa shape index (κ2) is 4.83. The Bertz CT molecular complexity index is 190. The van der Waals surface area contributed by atoms with Crippen molar-refractivity contribution in [2.75, 3.05) is 6.54 Å². The van der Waals surface area contributed by atoms with E-state index in [4.69, 9.17) is 16.9 Å². The molecular formula is C10H17ClN2. The van der Waals surface area contributed by atoms with Gasteiger partial charge in [0, 0.05) is 18.6 Å². The zero-order valence-electron chi connectivity index (χ0n) is 8.33. The molecule has 0 bridgehead atoms. The summed E-state index contributed by atoms with van der Waals surface area (Å²) in [5.41, 5.74) is 0. The summed E-state index contributed by atoms with van der Waals surface area (Å²) in [5, 5.41) is 8.27. The molecule has 1 saturated heterocycles. The highest BCUT2D eigenvalue weighted by Gasteiger charge is 2.26. The van der Waals surface area contributed by atoms with E-state index in [9.17, 15) is 0 Å². The van der Waals surface area contributed by atoms with E-state index in [1.54, 1.807) is 0 Å². The molecule has 1 unspecified atom stereocenters. The molecule has 0 aromatic carbocycles. The van der Waals surface area contributed by atoms with Crippen molar-refractivity contribution < 1.29 is 0 Å². The number of rotatable bonds is 2. The average Bonchev–Trinajstić information content (AvgIpc) is 2.11. The zero-order chi connectivity index (χ0) is 9.84. The average molecular weight is 201 g/mol. The Morgan fingerprint density at radius 2 is 2.00 bits per heavy atom. The van der Waals surface area contributed by atoms with Gasteiger partial charge < -0.3 is 0 Å². The maximum absolute atomic E-state index is 8.63. The Balaban J connectivity index is 2.49. The Morgan fingerprint density at radius 1 is 1.46 bits per heavy atom. The van der Waals surface area contributed by atoms with E-state index < -0.39 is 0 Å². The van der Waals surface area contributed by atoms with Crippen molar-refractivity contribution in [1.82, 2.24) is 4.90 Å². The largest absolute Gasteiger partial charge is 0.295 e. The molecule has 0 aromatic heterocycles. The van der Waals surface area contributed by atoms with Gasteiger partial charge >= 0.3 is 0 Å². The fourth-order valence-electron chi connectivity index (χ4n) is 2.06. The highest BCUT2D eigenvalue weighted by Crippen LogP contribution is 2.22. The number of hydrogen-bond donors (Lipinski definition) is 0. The van der Waals surface area contributed by atoms with Gasteiger partial charge in [-0.3, -0.25) is 4.90 Å². The Hall–Kier alpha value is -0.260. The first-order valence-electron chi connectivity index (χ1n) is 4.94. The fourth-order valence-corrected chi connectivity index (χ4v) is 2.22. The first kappa shape index (κ1) is 10.8. The monoisotopic (exact) mass is 200 g/mol. The van der Waals surface area contributed by atoms with E-state index in [1.165, 1.54) is 19.3 Å².